The van der Waals surface area contributed by atoms with Crippen molar-refractivity contribution >= 4 is 14.6 Å². The average molecular weight is 200 g/mol. The van der Waals surface area contributed by atoms with E-state index >= 15 is 0 Å². The molecule has 0 amide bonds. The summed E-state index contributed by atoms with van der Waals surface area (Å²) >= 11 is 0. The van der Waals surface area contributed by atoms with E-state index in [-0.39, 0.29) is 0 Å². The maximum atomic E-state index is 10.9. The van der Waals surface area contributed by atoms with E-state index in [1.807, 2.05) is 13.0 Å². The van der Waals surface area contributed by atoms with Crippen LogP contribution in [0.2, 0.25) is 19.6 Å². The fourth-order valence-corrected chi connectivity index (χ4v) is 2.77. The van der Waals surface area contributed by atoms with Crippen LogP contribution in [0.3, 0.4) is 0 Å². The average Bonchev–Trinajstić information content (AvgIpc) is 1.98. The van der Waals surface area contributed by atoms with Crippen LogP contribution in [0.4, 0.5) is 0 Å². The Morgan fingerprint density at radius 1 is 1.46 bits per heavy atom. The van der Waals surface area contributed by atoms with Gasteiger partial charge in [0.2, 0.25) is 0 Å². The first-order valence-electron chi connectivity index (χ1n) is 4.60. The Labute approximate surface area is 82.1 Å². The Morgan fingerprint density at radius 3 is 2.31 bits per heavy atom. The van der Waals surface area contributed by atoms with Crippen LogP contribution in [-0.4, -0.2) is 20.2 Å². The highest BCUT2D eigenvalue weighted by atomic mass is 28.4. The zero-order chi connectivity index (χ0) is 10.5. The van der Waals surface area contributed by atoms with E-state index in [9.17, 15) is 4.79 Å². The number of rotatable bonds is 6. The van der Waals surface area contributed by atoms with E-state index in [0.717, 1.165) is 19.1 Å². The normalized spacial score (nSPS) is 16.3. The lowest BCUT2D eigenvalue weighted by Gasteiger charge is -2.31. The Hall–Kier alpha value is -0.413. The molecule has 3 heteroatoms. The molecule has 0 rings (SSSR count). The van der Waals surface area contributed by atoms with Crippen LogP contribution in [0.25, 0.3) is 0 Å². The van der Waals surface area contributed by atoms with Gasteiger partial charge in [-0.2, -0.15) is 0 Å². The number of hydrogen-bond donors (Lipinski definition) is 0. The second kappa shape index (κ2) is 4.72. The van der Waals surface area contributed by atoms with Gasteiger partial charge in [-0.15, -0.1) is 6.58 Å². The summed E-state index contributed by atoms with van der Waals surface area (Å²) < 4.78 is 5.80. The van der Waals surface area contributed by atoms with Gasteiger partial charge in [0.05, 0.1) is 0 Å². The molecular formula is C10H20O2Si. The molecule has 0 aromatic heterocycles. The standard InChI is InChI=1S/C10H20O2Si/c1-6-7-8-10(2,9-11)12-13(3,4)5/h6,9H,1,7-8H2,2-5H3. The second-order valence-electron chi connectivity index (χ2n) is 4.47. The molecular weight excluding hydrogens is 180 g/mol. The van der Waals surface area contributed by atoms with Gasteiger partial charge in [0.15, 0.2) is 8.32 Å². The van der Waals surface area contributed by atoms with E-state index in [4.69, 9.17) is 4.43 Å². The zero-order valence-corrected chi connectivity index (χ0v) is 10.1. The number of carbonyl (C=O) groups is 1. The predicted octanol–water partition coefficient (Wildman–Crippen LogP) is 2.76. The number of allylic oxidation sites excluding steroid dienone is 1. The van der Waals surface area contributed by atoms with Gasteiger partial charge in [0.25, 0.3) is 0 Å². The molecule has 13 heavy (non-hydrogen) atoms. The Morgan fingerprint density at radius 2 is 2.00 bits per heavy atom. The molecule has 0 fully saturated rings. The van der Waals surface area contributed by atoms with Crippen molar-refractivity contribution in [1.82, 2.24) is 0 Å². The molecule has 0 aromatic rings. The molecule has 0 saturated carbocycles. The molecule has 0 bridgehead atoms. The van der Waals surface area contributed by atoms with E-state index in [1.54, 1.807) is 0 Å². The van der Waals surface area contributed by atoms with Crippen molar-refractivity contribution < 1.29 is 9.22 Å². The summed E-state index contributed by atoms with van der Waals surface area (Å²) in [5, 5.41) is 0. The quantitative estimate of drug-likeness (QED) is 0.374. The van der Waals surface area contributed by atoms with E-state index in [2.05, 4.69) is 26.2 Å². The monoisotopic (exact) mass is 200 g/mol. The molecule has 0 aliphatic carbocycles. The number of aldehydes is 1. The van der Waals surface area contributed by atoms with Crippen molar-refractivity contribution in [2.45, 2.75) is 45.0 Å². The van der Waals surface area contributed by atoms with Crippen LogP contribution in [0.5, 0.6) is 0 Å². The number of carbonyl (C=O) groups excluding carboxylic acids is 1. The van der Waals surface area contributed by atoms with E-state index < -0.39 is 13.9 Å². The maximum Gasteiger partial charge on any atom is 0.185 e. The zero-order valence-electron chi connectivity index (χ0n) is 9.09. The highest BCUT2D eigenvalue weighted by Crippen LogP contribution is 2.20. The first kappa shape index (κ1) is 12.6. The maximum absolute atomic E-state index is 10.9. The first-order chi connectivity index (χ1) is 5.83. The topological polar surface area (TPSA) is 26.3 Å². The fourth-order valence-electron chi connectivity index (χ4n) is 1.22. The van der Waals surface area contributed by atoms with Crippen molar-refractivity contribution in [2.24, 2.45) is 0 Å². The summed E-state index contributed by atoms with van der Waals surface area (Å²) in [5.41, 5.74) is -0.612. The second-order valence-corrected chi connectivity index (χ2v) is 8.90. The van der Waals surface area contributed by atoms with Gasteiger partial charge in [0, 0.05) is 0 Å². The summed E-state index contributed by atoms with van der Waals surface area (Å²) in [5.74, 6) is 0. The van der Waals surface area contributed by atoms with Gasteiger partial charge in [-0.05, 0) is 39.4 Å². The molecule has 0 spiro atoms. The number of hydrogen-bond acceptors (Lipinski definition) is 2. The first-order valence-corrected chi connectivity index (χ1v) is 8.01. The van der Waals surface area contributed by atoms with E-state index in [0.29, 0.717) is 0 Å². The molecule has 1 unspecified atom stereocenters. The Bertz CT molecular complexity index is 184. The highest BCUT2D eigenvalue weighted by molar-refractivity contribution is 6.70. The molecule has 0 aliphatic rings. The fraction of sp³-hybridized carbons (Fsp3) is 0.700. The molecule has 2 nitrogen and oxygen atoms in total. The van der Waals surface area contributed by atoms with Crippen molar-refractivity contribution in [1.29, 1.82) is 0 Å². The van der Waals surface area contributed by atoms with Crippen LogP contribution in [0, 0.1) is 0 Å². The molecule has 0 heterocycles. The third-order valence-electron chi connectivity index (χ3n) is 1.63. The minimum Gasteiger partial charge on any atom is -0.406 e. The van der Waals surface area contributed by atoms with Crippen LogP contribution in [0.1, 0.15) is 19.8 Å². The summed E-state index contributed by atoms with van der Waals surface area (Å²) in [7, 11) is -1.63. The van der Waals surface area contributed by atoms with Crippen LogP contribution < -0.4 is 0 Å². The Balaban J connectivity index is 4.27. The van der Waals surface area contributed by atoms with Gasteiger partial charge in [-0.25, -0.2) is 0 Å². The van der Waals surface area contributed by atoms with Gasteiger partial charge < -0.3 is 9.22 Å². The van der Waals surface area contributed by atoms with Crippen LogP contribution in [-0.2, 0) is 9.22 Å². The summed E-state index contributed by atoms with van der Waals surface area (Å²) in [6.45, 7) is 11.7. The Kier molecular flexibility index (Phi) is 4.57. The summed E-state index contributed by atoms with van der Waals surface area (Å²) in [6.07, 6.45) is 4.27. The van der Waals surface area contributed by atoms with Crippen molar-refractivity contribution in [3.63, 3.8) is 0 Å². The molecule has 0 radical (unpaired) electrons. The lowest BCUT2D eigenvalue weighted by molar-refractivity contribution is -0.121. The largest absolute Gasteiger partial charge is 0.406 e. The molecule has 0 aliphatic heterocycles. The smallest absolute Gasteiger partial charge is 0.185 e. The van der Waals surface area contributed by atoms with Gasteiger partial charge >= 0.3 is 0 Å². The molecule has 76 valence electrons. The lowest BCUT2D eigenvalue weighted by Crippen LogP contribution is -2.41. The van der Waals surface area contributed by atoms with Gasteiger partial charge in [0.1, 0.15) is 11.9 Å². The summed E-state index contributed by atoms with van der Waals surface area (Å²) in [4.78, 5) is 10.9. The molecule has 0 aromatic carbocycles. The molecule has 0 saturated heterocycles. The highest BCUT2D eigenvalue weighted by Gasteiger charge is 2.30. The van der Waals surface area contributed by atoms with Gasteiger partial charge in [-0.1, -0.05) is 6.08 Å². The minimum absolute atomic E-state index is 0.612. The lowest BCUT2D eigenvalue weighted by atomic mass is 10.0. The van der Waals surface area contributed by atoms with Crippen LogP contribution in [0.15, 0.2) is 12.7 Å². The minimum atomic E-state index is -1.63. The molecule has 0 N–H and O–H groups in total. The molecule has 1 atom stereocenters. The van der Waals surface area contributed by atoms with Crippen molar-refractivity contribution in [2.75, 3.05) is 0 Å². The SMILES string of the molecule is C=CCCC(C)(C=O)O[Si](C)(C)C. The van der Waals surface area contributed by atoms with Gasteiger partial charge in [-0.3, -0.25) is 0 Å². The van der Waals surface area contributed by atoms with Crippen molar-refractivity contribution in [3.8, 4) is 0 Å². The van der Waals surface area contributed by atoms with Crippen molar-refractivity contribution in [3.05, 3.63) is 12.7 Å². The van der Waals surface area contributed by atoms with Crippen LogP contribution >= 0.6 is 0 Å². The van der Waals surface area contributed by atoms with E-state index in [1.165, 1.54) is 0 Å². The predicted molar refractivity (Wildman–Crippen MR) is 58.3 cm³/mol. The third-order valence-corrected chi connectivity index (χ3v) is 2.71. The summed E-state index contributed by atoms with van der Waals surface area (Å²) in [6, 6.07) is 0. The third kappa shape index (κ3) is 5.77.